The molecule has 3 rings (SSSR count). The monoisotopic (exact) mass is 177 g/mol. The second-order valence-electron chi connectivity index (χ2n) is 3.35. The van der Waals surface area contributed by atoms with E-state index in [1.54, 1.807) is 0 Å². The average molecular weight is 177 g/mol. The van der Waals surface area contributed by atoms with E-state index in [-0.39, 0.29) is 6.23 Å². The van der Waals surface area contributed by atoms with Crippen LogP contribution in [0.25, 0.3) is 0 Å². The summed E-state index contributed by atoms with van der Waals surface area (Å²) in [5, 5.41) is 0. The predicted octanol–water partition coefficient (Wildman–Crippen LogP) is 1.37. The van der Waals surface area contributed by atoms with E-state index in [4.69, 9.17) is 9.47 Å². The van der Waals surface area contributed by atoms with Crippen molar-refractivity contribution in [1.29, 1.82) is 0 Å². The van der Waals surface area contributed by atoms with Gasteiger partial charge in [-0.3, -0.25) is 0 Å². The van der Waals surface area contributed by atoms with Gasteiger partial charge in [-0.2, -0.15) is 0 Å². The Bertz CT molecular complexity index is 326. The molecule has 1 aromatic rings. The molecule has 2 heterocycles. The Kier molecular flexibility index (Phi) is 1.54. The largest absolute Gasteiger partial charge is 0.478 e. The van der Waals surface area contributed by atoms with Crippen molar-refractivity contribution < 1.29 is 9.47 Å². The van der Waals surface area contributed by atoms with Crippen LogP contribution in [-0.2, 0) is 4.74 Å². The molecule has 13 heavy (non-hydrogen) atoms. The topological polar surface area (TPSA) is 21.7 Å². The Hall–Kier alpha value is -1.06. The number of rotatable bonds is 0. The molecule has 1 fully saturated rings. The van der Waals surface area contributed by atoms with Crippen molar-refractivity contribution in [3.63, 3.8) is 0 Å². The van der Waals surface area contributed by atoms with Crippen molar-refractivity contribution >= 4 is 0 Å². The Morgan fingerprint density at radius 3 is 3.23 bits per heavy atom. The van der Waals surface area contributed by atoms with Crippen molar-refractivity contribution in [1.82, 2.24) is 4.90 Å². The third kappa shape index (κ3) is 1.04. The molecule has 0 spiro atoms. The molecule has 3 heteroatoms. The maximum Gasteiger partial charge on any atom is 0.144 e. The zero-order valence-corrected chi connectivity index (χ0v) is 7.27. The summed E-state index contributed by atoms with van der Waals surface area (Å²) in [7, 11) is 0. The van der Waals surface area contributed by atoms with Crippen LogP contribution >= 0.6 is 0 Å². The van der Waals surface area contributed by atoms with E-state index >= 15 is 0 Å². The molecule has 1 unspecified atom stereocenters. The van der Waals surface area contributed by atoms with Crippen LogP contribution in [-0.4, -0.2) is 24.8 Å². The fourth-order valence-electron chi connectivity index (χ4n) is 1.89. The lowest BCUT2D eigenvalue weighted by Gasteiger charge is -2.29. The quantitative estimate of drug-likeness (QED) is 0.597. The minimum Gasteiger partial charge on any atom is -0.478 e. The van der Waals surface area contributed by atoms with Crippen molar-refractivity contribution in [3.05, 3.63) is 29.8 Å². The molecule has 1 aromatic carbocycles. The summed E-state index contributed by atoms with van der Waals surface area (Å²) in [6, 6.07) is 8.07. The lowest BCUT2D eigenvalue weighted by Crippen LogP contribution is -2.32. The molecule has 0 bridgehead atoms. The van der Waals surface area contributed by atoms with Crippen LogP contribution in [0.4, 0.5) is 0 Å². The van der Waals surface area contributed by atoms with Crippen LogP contribution in [0.1, 0.15) is 11.8 Å². The Labute approximate surface area is 76.9 Å². The van der Waals surface area contributed by atoms with Gasteiger partial charge in [0, 0.05) is 12.1 Å². The number of ether oxygens (including phenoxy) is 2. The molecule has 68 valence electrons. The maximum absolute atomic E-state index is 5.63. The Morgan fingerprint density at radius 2 is 2.23 bits per heavy atom. The van der Waals surface area contributed by atoms with Gasteiger partial charge in [-0.15, -0.1) is 0 Å². The number of benzene rings is 1. The van der Waals surface area contributed by atoms with Gasteiger partial charge in [0.25, 0.3) is 0 Å². The van der Waals surface area contributed by atoms with Crippen LogP contribution in [0.2, 0.25) is 0 Å². The minimum atomic E-state index is 0.130. The maximum atomic E-state index is 5.63. The zero-order valence-electron chi connectivity index (χ0n) is 7.27. The highest BCUT2D eigenvalue weighted by atomic mass is 16.5. The standard InChI is InChI=1S/C10H11NO2/c1-2-4-9-8(3-1)10-11(7-13-9)5-6-12-10/h1-4,10H,5-7H2. The molecular weight excluding hydrogens is 166 g/mol. The van der Waals surface area contributed by atoms with Crippen molar-refractivity contribution in [2.24, 2.45) is 0 Å². The molecule has 3 nitrogen and oxygen atoms in total. The van der Waals surface area contributed by atoms with E-state index in [1.807, 2.05) is 18.2 Å². The smallest absolute Gasteiger partial charge is 0.144 e. The van der Waals surface area contributed by atoms with E-state index < -0.39 is 0 Å². The van der Waals surface area contributed by atoms with Crippen molar-refractivity contribution in [2.45, 2.75) is 6.23 Å². The first-order valence-electron chi connectivity index (χ1n) is 4.52. The summed E-state index contributed by atoms with van der Waals surface area (Å²) >= 11 is 0. The highest BCUT2D eigenvalue weighted by molar-refractivity contribution is 5.36. The van der Waals surface area contributed by atoms with Crippen molar-refractivity contribution in [2.75, 3.05) is 19.9 Å². The van der Waals surface area contributed by atoms with Gasteiger partial charge in [-0.05, 0) is 6.07 Å². The van der Waals surface area contributed by atoms with Crippen molar-refractivity contribution in [3.8, 4) is 5.75 Å². The Morgan fingerprint density at radius 1 is 1.31 bits per heavy atom. The molecule has 0 amide bonds. The fourth-order valence-corrected chi connectivity index (χ4v) is 1.89. The van der Waals surface area contributed by atoms with Gasteiger partial charge in [0.1, 0.15) is 18.7 Å². The van der Waals surface area contributed by atoms with E-state index in [2.05, 4.69) is 11.0 Å². The SMILES string of the molecule is c1ccc2c(c1)OCN1CCOC21. The molecule has 2 aliphatic heterocycles. The van der Waals surface area contributed by atoms with Gasteiger partial charge in [0.05, 0.1) is 6.61 Å². The van der Waals surface area contributed by atoms with Gasteiger partial charge in [-0.25, -0.2) is 4.90 Å². The van der Waals surface area contributed by atoms with Crippen LogP contribution in [0, 0.1) is 0 Å². The van der Waals surface area contributed by atoms with Gasteiger partial charge in [-0.1, -0.05) is 18.2 Å². The van der Waals surface area contributed by atoms with Gasteiger partial charge < -0.3 is 9.47 Å². The molecular formula is C10H11NO2. The lowest BCUT2D eigenvalue weighted by molar-refractivity contribution is -0.0228. The second-order valence-corrected chi connectivity index (χ2v) is 3.35. The molecule has 0 aromatic heterocycles. The molecule has 0 radical (unpaired) electrons. The lowest BCUT2D eigenvalue weighted by atomic mass is 10.1. The van der Waals surface area contributed by atoms with E-state index in [1.165, 1.54) is 0 Å². The van der Waals surface area contributed by atoms with E-state index in [0.29, 0.717) is 6.73 Å². The first kappa shape index (κ1) is 7.35. The van der Waals surface area contributed by atoms with Crippen LogP contribution < -0.4 is 4.74 Å². The molecule has 0 N–H and O–H groups in total. The summed E-state index contributed by atoms with van der Waals surface area (Å²) in [6.07, 6.45) is 0.130. The van der Waals surface area contributed by atoms with E-state index in [0.717, 1.165) is 24.5 Å². The molecule has 1 atom stereocenters. The average Bonchev–Trinajstić information content (AvgIpc) is 2.65. The molecule has 0 aliphatic carbocycles. The first-order chi connectivity index (χ1) is 6.45. The highest BCUT2D eigenvalue weighted by Crippen LogP contribution is 2.36. The normalized spacial score (nSPS) is 26.3. The molecule has 1 saturated heterocycles. The number of nitrogens with zero attached hydrogens (tertiary/aromatic N) is 1. The predicted molar refractivity (Wildman–Crippen MR) is 47.3 cm³/mol. The number of fused-ring (bicyclic) bond motifs is 3. The number of hydrogen-bond acceptors (Lipinski definition) is 3. The van der Waals surface area contributed by atoms with E-state index in [9.17, 15) is 0 Å². The third-order valence-corrected chi connectivity index (χ3v) is 2.56. The molecule has 0 saturated carbocycles. The van der Waals surface area contributed by atoms with Crippen LogP contribution in [0.5, 0.6) is 5.75 Å². The fraction of sp³-hybridized carbons (Fsp3) is 0.400. The number of para-hydroxylation sites is 1. The zero-order chi connectivity index (χ0) is 8.67. The second kappa shape index (κ2) is 2.72. The number of hydrogen-bond donors (Lipinski definition) is 0. The summed E-state index contributed by atoms with van der Waals surface area (Å²) in [5.74, 6) is 0.964. The first-order valence-corrected chi connectivity index (χ1v) is 4.52. The van der Waals surface area contributed by atoms with Crippen LogP contribution in [0.3, 0.4) is 0 Å². The summed E-state index contributed by atoms with van der Waals surface area (Å²) in [5.41, 5.74) is 1.16. The van der Waals surface area contributed by atoms with Crippen LogP contribution in [0.15, 0.2) is 24.3 Å². The summed E-state index contributed by atoms with van der Waals surface area (Å²) < 4.78 is 11.2. The van der Waals surface area contributed by atoms with Gasteiger partial charge in [0.15, 0.2) is 0 Å². The molecule has 2 aliphatic rings. The van der Waals surface area contributed by atoms with Gasteiger partial charge >= 0.3 is 0 Å². The van der Waals surface area contributed by atoms with Gasteiger partial charge in [0.2, 0.25) is 0 Å². The summed E-state index contributed by atoms with van der Waals surface area (Å²) in [6.45, 7) is 2.43. The summed E-state index contributed by atoms with van der Waals surface area (Å²) in [4.78, 5) is 2.20. The Balaban J connectivity index is 2.06. The highest BCUT2D eigenvalue weighted by Gasteiger charge is 2.32. The third-order valence-electron chi connectivity index (χ3n) is 2.56. The minimum absolute atomic E-state index is 0.130.